The molecule has 0 aromatic carbocycles. The Labute approximate surface area is 58.5 Å². The van der Waals surface area contributed by atoms with Crippen molar-refractivity contribution in [2.45, 2.75) is 19.4 Å². The molecule has 52 valence electrons. The van der Waals surface area contributed by atoms with E-state index in [1.807, 2.05) is 5.87 Å². The molecule has 1 aliphatic heterocycles. The van der Waals surface area contributed by atoms with Gasteiger partial charge in [-0.05, 0) is 12.7 Å². The second kappa shape index (κ2) is 2.53. The number of hydrogen-bond acceptors (Lipinski definition) is 3. The Morgan fingerprint density at radius 1 is 1.80 bits per heavy atom. The van der Waals surface area contributed by atoms with Gasteiger partial charge in [0.1, 0.15) is 6.10 Å². The van der Waals surface area contributed by atoms with E-state index >= 15 is 0 Å². The van der Waals surface area contributed by atoms with Crippen molar-refractivity contribution < 1.29 is 9.53 Å². The van der Waals surface area contributed by atoms with Gasteiger partial charge in [-0.25, -0.2) is 4.79 Å². The molecular formula is C7H7NO2. The van der Waals surface area contributed by atoms with E-state index < -0.39 is 0 Å². The molecule has 1 heterocycles. The lowest BCUT2D eigenvalue weighted by Gasteiger charge is -1.94. The van der Waals surface area contributed by atoms with E-state index in [4.69, 9.17) is 10.1 Å². The molecule has 1 fully saturated rings. The highest BCUT2D eigenvalue weighted by molar-refractivity contribution is 5.91. The first-order chi connectivity index (χ1) is 4.74. The van der Waals surface area contributed by atoms with Gasteiger partial charge >= 0.3 is 5.97 Å². The molecule has 1 unspecified atom stereocenters. The predicted molar refractivity (Wildman–Crippen MR) is 34.9 cm³/mol. The third-order valence-electron chi connectivity index (χ3n) is 1.26. The first kappa shape index (κ1) is 6.81. The number of nitrogens with one attached hydrogen (secondary N) is 1. The first-order valence-electron chi connectivity index (χ1n) is 2.98. The minimum atomic E-state index is -0.368. The van der Waals surface area contributed by atoms with Crippen LogP contribution in [-0.2, 0) is 9.53 Å². The van der Waals surface area contributed by atoms with Crippen LogP contribution in [0.3, 0.4) is 0 Å². The molecule has 3 nitrogen and oxygen atoms in total. The van der Waals surface area contributed by atoms with Crippen molar-refractivity contribution in [3.05, 3.63) is 11.3 Å². The molecule has 0 bridgehead atoms. The van der Waals surface area contributed by atoms with Crippen LogP contribution in [0.1, 0.15) is 13.3 Å². The molecule has 1 N–H and O–H groups in total. The van der Waals surface area contributed by atoms with Crippen molar-refractivity contribution in [3.63, 3.8) is 0 Å². The third kappa shape index (κ3) is 1.16. The second-order valence-corrected chi connectivity index (χ2v) is 2.15. The molecule has 1 aliphatic rings. The number of carbonyl (C=O) groups excluding carboxylic acids is 1. The normalized spacial score (nSPS) is 23.5. The van der Waals surface area contributed by atoms with Crippen molar-refractivity contribution in [3.8, 4) is 0 Å². The molecule has 0 aromatic rings. The zero-order valence-corrected chi connectivity index (χ0v) is 5.60. The van der Waals surface area contributed by atoms with Gasteiger partial charge in [0.25, 0.3) is 0 Å². The summed E-state index contributed by atoms with van der Waals surface area (Å²) in [6, 6.07) is 0. The topological polar surface area (TPSA) is 50.2 Å². The number of carbonyl (C=O) groups is 1. The molecule has 3 heteroatoms. The maximum Gasteiger partial charge on any atom is 0.343 e. The fraction of sp³-hybridized carbons (Fsp3) is 0.429. The summed E-state index contributed by atoms with van der Waals surface area (Å²) in [6.45, 7) is 1.80. The number of rotatable bonds is 0. The van der Waals surface area contributed by atoms with E-state index in [2.05, 4.69) is 5.73 Å². The molecule has 1 rings (SSSR count). The second-order valence-electron chi connectivity index (χ2n) is 2.15. The smallest absolute Gasteiger partial charge is 0.343 e. The Hall–Kier alpha value is -1.30. The zero-order chi connectivity index (χ0) is 7.56. The Balaban J connectivity index is 2.93. The molecule has 10 heavy (non-hydrogen) atoms. The van der Waals surface area contributed by atoms with Crippen LogP contribution in [0.15, 0.2) is 11.3 Å². The number of cyclic esters (lactones) is 1. The van der Waals surface area contributed by atoms with E-state index in [1.165, 1.54) is 0 Å². The maximum absolute atomic E-state index is 10.7. The van der Waals surface area contributed by atoms with Crippen molar-refractivity contribution in [2.75, 3.05) is 0 Å². The highest BCUT2D eigenvalue weighted by Crippen LogP contribution is 2.17. The van der Waals surface area contributed by atoms with Crippen molar-refractivity contribution in [2.24, 2.45) is 0 Å². The molecule has 0 radical (unpaired) electrons. The van der Waals surface area contributed by atoms with Gasteiger partial charge in [0.2, 0.25) is 0 Å². The van der Waals surface area contributed by atoms with Crippen LogP contribution < -0.4 is 0 Å². The highest BCUT2D eigenvalue weighted by Gasteiger charge is 2.24. The summed E-state index contributed by atoms with van der Waals surface area (Å²) in [6.07, 6.45) is 0.480. The lowest BCUT2D eigenvalue weighted by molar-refractivity contribution is -0.138. The SMILES string of the molecule is CC1CC(=C=C=N)C(=O)O1. The van der Waals surface area contributed by atoms with Gasteiger partial charge < -0.3 is 4.74 Å². The summed E-state index contributed by atoms with van der Waals surface area (Å²) in [5, 5.41) is 6.53. The summed E-state index contributed by atoms with van der Waals surface area (Å²) in [5.41, 5.74) is 2.80. The number of esters is 1. The quantitative estimate of drug-likeness (QED) is 0.230. The third-order valence-corrected chi connectivity index (χ3v) is 1.26. The van der Waals surface area contributed by atoms with Crippen molar-refractivity contribution in [1.82, 2.24) is 0 Å². The highest BCUT2D eigenvalue weighted by atomic mass is 16.5. The van der Waals surface area contributed by atoms with Crippen LogP contribution >= 0.6 is 0 Å². The van der Waals surface area contributed by atoms with Gasteiger partial charge in [-0.1, -0.05) is 0 Å². The zero-order valence-electron chi connectivity index (χ0n) is 5.60. The average molecular weight is 137 g/mol. The maximum atomic E-state index is 10.7. The van der Waals surface area contributed by atoms with E-state index in [-0.39, 0.29) is 12.1 Å². The Morgan fingerprint density at radius 2 is 2.50 bits per heavy atom. The Bertz CT molecular complexity index is 244. The largest absolute Gasteiger partial charge is 0.458 e. The molecule has 1 saturated heterocycles. The summed E-state index contributed by atoms with van der Waals surface area (Å²) < 4.78 is 4.76. The van der Waals surface area contributed by atoms with Crippen LogP contribution in [0, 0.1) is 5.41 Å². The fourth-order valence-corrected chi connectivity index (χ4v) is 0.844. The van der Waals surface area contributed by atoms with Crippen LogP contribution in [0.4, 0.5) is 0 Å². The van der Waals surface area contributed by atoms with Gasteiger partial charge in [0.15, 0.2) is 0 Å². The summed E-state index contributed by atoms with van der Waals surface area (Å²) in [5.74, 6) is 1.55. The summed E-state index contributed by atoms with van der Waals surface area (Å²) in [7, 11) is 0. The summed E-state index contributed by atoms with van der Waals surface area (Å²) in [4.78, 5) is 10.7. The Kier molecular flexibility index (Phi) is 1.72. The number of ether oxygens (including phenoxy) is 1. The first-order valence-corrected chi connectivity index (χ1v) is 2.98. The lowest BCUT2D eigenvalue weighted by Crippen LogP contribution is -1.99. The molecular weight excluding hydrogens is 130 g/mol. The van der Waals surface area contributed by atoms with E-state index in [9.17, 15) is 4.79 Å². The Morgan fingerprint density at radius 3 is 2.90 bits per heavy atom. The van der Waals surface area contributed by atoms with Crippen molar-refractivity contribution >= 4 is 11.8 Å². The minimum Gasteiger partial charge on any atom is -0.458 e. The van der Waals surface area contributed by atoms with Crippen molar-refractivity contribution in [1.29, 1.82) is 5.41 Å². The van der Waals surface area contributed by atoms with Crippen LogP contribution in [-0.4, -0.2) is 17.9 Å². The van der Waals surface area contributed by atoms with Crippen LogP contribution in [0.2, 0.25) is 0 Å². The van der Waals surface area contributed by atoms with E-state index in [1.54, 1.807) is 6.92 Å². The lowest BCUT2D eigenvalue weighted by atomic mass is 10.2. The number of hydrogen-bond donors (Lipinski definition) is 1. The monoisotopic (exact) mass is 137 g/mol. The van der Waals surface area contributed by atoms with Gasteiger partial charge in [0.05, 0.1) is 5.57 Å². The average Bonchev–Trinajstić information content (AvgIpc) is 2.13. The molecule has 0 spiro atoms. The predicted octanol–water partition coefficient (Wildman–Crippen LogP) is 0.652. The van der Waals surface area contributed by atoms with Crippen LogP contribution in [0.5, 0.6) is 0 Å². The molecule has 0 aromatic heterocycles. The summed E-state index contributed by atoms with van der Waals surface area (Å²) >= 11 is 0. The molecule has 0 saturated carbocycles. The molecule has 1 atom stereocenters. The standard InChI is InChI=1S/C7H7NO2/c1-5-4-6(2-3-8)7(9)10-5/h5,8H,4H2,1H3. The van der Waals surface area contributed by atoms with Gasteiger partial charge in [-0.3, -0.25) is 5.41 Å². The van der Waals surface area contributed by atoms with Gasteiger partial charge in [-0.15, -0.1) is 0 Å². The van der Waals surface area contributed by atoms with E-state index in [0.29, 0.717) is 12.0 Å². The van der Waals surface area contributed by atoms with Gasteiger partial charge in [-0.2, -0.15) is 0 Å². The van der Waals surface area contributed by atoms with Crippen LogP contribution in [0.25, 0.3) is 0 Å². The minimum absolute atomic E-state index is 0.0663. The van der Waals surface area contributed by atoms with E-state index in [0.717, 1.165) is 0 Å². The van der Waals surface area contributed by atoms with Gasteiger partial charge in [0, 0.05) is 12.3 Å². The molecule has 0 amide bonds. The molecule has 0 aliphatic carbocycles. The fourth-order valence-electron chi connectivity index (χ4n) is 0.844.